The molecule has 236 valence electrons. The van der Waals surface area contributed by atoms with Crippen LogP contribution < -0.4 is 20.9 Å². The fraction of sp³-hybridized carbons (Fsp3) is 0.576. The molecule has 2 saturated carbocycles. The standard InChI is InChI=1S/C33H43Cl2N3O3.H3NS/c1-4-6-20(2)17-23(13-16-40-28-18-22(11-12-27(28)36)32(39)33(3)14-15-33)37-19-24-30(38-41-31(24)21-9-10-21)29-25(34)7-5-8-26(29)35;1-2/h7,11-12,18,20-21,23,37H,4-6,8-10,13-17,19,36H2,1-3H3;2H,1H2. The van der Waals surface area contributed by atoms with Crippen LogP contribution in [0.4, 0.5) is 5.69 Å². The fourth-order valence-electron chi connectivity index (χ4n) is 5.80. The lowest BCUT2D eigenvalue weighted by atomic mass is 9.94. The molecule has 5 rings (SSSR count). The summed E-state index contributed by atoms with van der Waals surface area (Å²) in [4.78, 5) is 12.9. The summed E-state index contributed by atoms with van der Waals surface area (Å²) in [6.07, 6.45) is 11.9. The number of aromatic nitrogens is 1. The number of carbonyl (C=O) groups is 1. The number of carbonyl (C=O) groups excluding carboxylic acids is 1. The molecule has 1 aromatic heterocycles. The van der Waals surface area contributed by atoms with Gasteiger partial charge in [-0.25, -0.2) is 0 Å². The molecular formula is C33H46Cl2N4O3S. The molecule has 1 heterocycles. The summed E-state index contributed by atoms with van der Waals surface area (Å²) in [6, 6.07) is 5.62. The molecule has 2 fully saturated rings. The lowest BCUT2D eigenvalue weighted by Crippen LogP contribution is -2.32. The molecule has 0 bridgehead atoms. The molecule has 2 unspecified atom stereocenters. The predicted octanol–water partition coefficient (Wildman–Crippen LogP) is 8.53. The molecule has 10 heteroatoms. The Balaban J connectivity index is 0.00000207. The van der Waals surface area contributed by atoms with E-state index in [1.165, 1.54) is 6.42 Å². The van der Waals surface area contributed by atoms with Crippen LogP contribution in [0.3, 0.4) is 0 Å². The van der Waals surface area contributed by atoms with Gasteiger partial charge in [0.2, 0.25) is 0 Å². The second-order valence-electron chi connectivity index (χ2n) is 12.5. The maximum absolute atomic E-state index is 12.9. The van der Waals surface area contributed by atoms with Crippen LogP contribution >= 0.6 is 36.0 Å². The van der Waals surface area contributed by atoms with Crippen LogP contribution in [0.2, 0.25) is 0 Å². The number of thiol groups is 1. The Morgan fingerprint density at radius 2 is 2.00 bits per heavy atom. The zero-order chi connectivity index (χ0) is 31.1. The average molecular weight is 650 g/mol. The van der Waals surface area contributed by atoms with Gasteiger partial charge in [0.15, 0.2) is 5.78 Å². The summed E-state index contributed by atoms with van der Waals surface area (Å²) in [5.74, 6) is 2.69. The second kappa shape index (κ2) is 15.3. The minimum atomic E-state index is -0.226. The van der Waals surface area contributed by atoms with E-state index < -0.39 is 0 Å². The number of benzene rings is 1. The number of anilines is 1. The molecule has 2 aromatic rings. The van der Waals surface area contributed by atoms with Crippen LogP contribution in [-0.2, 0) is 6.54 Å². The number of ether oxygens (including phenoxy) is 1. The summed E-state index contributed by atoms with van der Waals surface area (Å²) in [6.45, 7) is 7.68. The maximum atomic E-state index is 12.9. The van der Waals surface area contributed by atoms with Gasteiger partial charge in [-0.05, 0) is 75.5 Å². The number of halogens is 2. The Bertz CT molecular complexity index is 1330. The number of nitrogens with zero attached hydrogens (tertiary/aromatic N) is 1. The molecule has 5 N–H and O–H groups in total. The van der Waals surface area contributed by atoms with Crippen LogP contribution in [0.1, 0.15) is 118 Å². The predicted molar refractivity (Wildman–Crippen MR) is 180 cm³/mol. The van der Waals surface area contributed by atoms with Gasteiger partial charge in [0.05, 0.1) is 12.3 Å². The average Bonchev–Trinajstić information content (AvgIpc) is 3.93. The van der Waals surface area contributed by atoms with Gasteiger partial charge in [-0.1, -0.05) is 68.0 Å². The quantitative estimate of drug-likeness (QED) is 0.0868. The Labute approximate surface area is 271 Å². The van der Waals surface area contributed by atoms with Gasteiger partial charge < -0.3 is 20.3 Å². The van der Waals surface area contributed by atoms with Gasteiger partial charge in [-0.15, -0.1) is 12.8 Å². The maximum Gasteiger partial charge on any atom is 0.168 e. The SMILES string of the molecule is CCCC(C)CC(CCOc1cc(C(=O)C2(C)CC2)ccc1N)NCc1c(C2=C(Cl)CCC=C2Cl)noc1C1CC1.NS. The Kier molecular flexibility index (Phi) is 12.1. The molecular weight excluding hydrogens is 603 g/mol. The van der Waals surface area contributed by atoms with E-state index in [2.05, 4.69) is 42.3 Å². The molecule has 0 aliphatic heterocycles. The van der Waals surface area contributed by atoms with Crippen molar-refractivity contribution in [3.8, 4) is 5.75 Å². The molecule has 0 spiro atoms. The number of Topliss-reactive ketones (excluding diaryl/α,β-unsaturated/α-hetero) is 1. The van der Waals surface area contributed by atoms with Crippen LogP contribution in [0.15, 0.2) is 38.9 Å². The van der Waals surface area contributed by atoms with E-state index in [0.717, 1.165) is 85.4 Å². The Hall–Kier alpha value is -1.97. The largest absolute Gasteiger partial charge is 0.491 e. The monoisotopic (exact) mass is 648 g/mol. The van der Waals surface area contributed by atoms with E-state index in [-0.39, 0.29) is 17.2 Å². The highest BCUT2D eigenvalue weighted by Gasteiger charge is 2.45. The summed E-state index contributed by atoms with van der Waals surface area (Å²) >= 11 is 16.3. The van der Waals surface area contributed by atoms with Crippen molar-refractivity contribution < 1.29 is 14.1 Å². The summed E-state index contributed by atoms with van der Waals surface area (Å²) < 4.78 is 12.1. The van der Waals surface area contributed by atoms with E-state index in [1.54, 1.807) is 6.07 Å². The minimum absolute atomic E-state index is 0.175. The minimum Gasteiger partial charge on any atom is -0.491 e. The first-order chi connectivity index (χ1) is 20.7. The van der Waals surface area contributed by atoms with Crippen molar-refractivity contribution in [3.05, 3.63) is 56.9 Å². The zero-order valence-corrected chi connectivity index (χ0v) is 28.0. The molecule has 3 aliphatic rings. The van der Waals surface area contributed by atoms with E-state index in [4.69, 9.17) is 38.2 Å². The first-order valence-corrected chi connectivity index (χ1v) is 16.8. The van der Waals surface area contributed by atoms with Gasteiger partial charge in [-0.2, -0.15) is 0 Å². The molecule has 3 aliphatic carbocycles. The van der Waals surface area contributed by atoms with Crippen molar-refractivity contribution >= 4 is 53.1 Å². The van der Waals surface area contributed by atoms with Crippen molar-refractivity contribution in [1.82, 2.24) is 10.5 Å². The van der Waals surface area contributed by atoms with Crippen molar-refractivity contribution in [1.29, 1.82) is 0 Å². The van der Waals surface area contributed by atoms with Gasteiger partial charge in [0.1, 0.15) is 17.2 Å². The van der Waals surface area contributed by atoms with Gasteiger partial charge in [0.25, 0.3) is 0 Å². The zero-order valence-electron chi connectivity index (χ0n) is 25.6. The van der Waals surface area contributed by atoms with E-state index >= 15 is 0 Å². The first-order valence-electron chi connectivity index (χ1n) is 15.5. The normalized spacial score (nSPS) is 18.8. The number of hydrogen-bond donors (Lipinski definition) is 4. The summed E-state index contributed by atoms with van der Waals surface area (Å²) in [7, 11) is 0. The van der Waals surface area contributed by atoms with Crippen molar-refractivity contribution in [2.75, 3.05) is 12.3 Å². The fourth-order valence-corrected chi connectivity index (χ4v) is 6.46. The van der Waals surface area contributed by atoms with Gasteiger partial charge in [-0.3, -0.25) is 9.93 Å². The lowest BCUT2D eigenvalue weighted by Gasteiger charge is -2.23. The first kappa shape index (κ1) is 33.9. The van der Waals surface area contributed by atoms with Crippen LogP contribution in [0.25, 0.3) is 5.57 Å². The number of nitrogens with one attached hydrogen (secondary N) is 1. The number of nitrogen functional groups attached to an aromatic ring is 1. The highest BCUT2D eigenvalue weighted by molar-refractivity contribution is 7.77. The van der Waals surface area contributed by atoms with Crippen LogP contribution in [-0.4, -0.2) is 23.6 Å². The highest BCUT2D eigenvalue weighted by atomic mass is 35.5. The van der Waals surface area contributed by atoms with Crippen molar-refractivity contribution in [3.63, 3.8) is 0 Å². The molecule has 0 amide bonds. The number of hydrogen-bond acceptors (Lipinski definition) is 8. The Morgan fingerprint density at radius 1 is 1.26 bits per heavy atom. The topological polar surface area (TPSA) is 116 Å². The molecule has 1 aromatic carbocycles. The molecule has 2 atom stereocenters. The highest BCUT2D eigenvalue weighted by Crippen LogP contribution is 2.48. The van der Waals surface area contributed by atoms with E-state index in [9.17, 15) is 4.79 Å². The second-order valence-corrected chi connectivity index (χ2v) is 13.4. The third-order valence-corrected chi connectivity index (χ3v) is 9.51. The van der Waals surface area contributed by atoms with Crippen molar-refractivity contribution in [2.45, 2.75) is 103 Å². The molecule has 0 radical (unpaired) electrons. The number of rotatable bonds is 15. The molecule has 43 heavy (non-hydrogen) atoms. The summed E-state index contributed by atoms with van der Waals surface area (Å²) in [5.41, 5.74) is 9.87. The third-order valence-electron chi connectivity index (χ3n) is 8.78. The smallest absolute Gasteiger partial charge is 0.168 e. The lowest BCUT2D eigenvalue weighted by molar-refractivity contribution is 0.0912. The summed E-state index contributed by atoms with van der Waals surface area (Å²) in [5, 5.41) is 13.9. The van der Waals surface area contributed by atoms with E-state index in [1.807, 2.05) is 25.1 Å². The number of allylic oxidation sites excluding steroid dienone is 4. The third kappa shape index (κ3) is 8.60. The number of nitrogens with two attached hydrogens (primary N) is 2. The molecule has 7 nitrogen and oxygen atoms in total. The van der Waals surface area contributed by atoms with Gasteiger partial charge >= 0.3 is 0 Å². The number of ketones is 1. The van der Waals surface area contributed by atoms with E-state index in [0.29, 0.717) is 47.0 Å². The van der Waals surface area contributed by atoms with Gasteiger partial charge in [0, 0.05) is 50.7 Å². The molecule has 0 saturated heterocycles. The van der Waals surface area contributed by atoms with Crippen LogP contribution in [0, 0.1) is 11.3 Å². The van der Waals surface area contributed by atoms with Crippen LogP contribution in [0.5, 0.6) is 5.75 Å². The van der Waals surface area contributed by atoms with Crippen molar-refractivity contribution in [2.24, 2.45) is 16.5 Å². The Morgan fingerprint density at radius 3 is 2.65 bits per heavy atom.